The molecule has 0 atom stereocenters. The van der Waals surface area contributed by atoms with Gasteiger partial charge in [-0.25, -0.2) is 4.39 Å². The van der Waals surface area contributed by atoms with Crippen LogP contribution < -0.4 is 5.32 Å². The molecular weight excluding hydrogens is 251 g/mol. The van der Waals surface area contributed by atoms with Crippen molar-refractivity contribution in [2.24, 2.45) is 0 Å². The second-order valence-electron chi connectivity index (χ2n) is 4.84. The van der Waals surface area contributed by atoms with Gasteiger partial charge in [0.25, 0.3) is 0 Å². The quantitative estimate of drug-likeness (QED) is 0.766. The van der Waals surface area contributed by atoms with Crippen LogP contribution in [-0.4, -0.2) is 31.1 Å². The summed E-state index contributed by atoms with van der Waals surface area (Å²) in [6, 6.07) is 5.36. The van der Waals surface area contributed by atoms with Crippen molar-refractivity contribution >= 4 is 11.6 Å². The Balaban J connectivity index is 2.22. The molecule has 0 amide bonds. The van der Waals surface area contributed by atoms with Crippen molar-refractivity contribution in [1.29, 1.82) is 0 Å². The molecule has 0 fully saturated rings. The summed E-state index contributed by atoms with van der Waals surface area (Å²) in [4.78, 5) is 2.30. The molecule has 1 rings (SSSR count). The first kappa shape index (κ1) is 15.4. The van der Waals surface area contributed by atoms with E-state index in [0.717, 1.165) is 19.5 Å². The molecule has 1 aromatic rings. The molecular formula is C14H22ClFN2. The van der Waals surface area contributed by atoms with Crippen molar-refractivity contribution in [1.82, 2.24) is 10.2 Å². The van der Waals surface area contributed by atoms with E-state index in [-0.39, 0.29) is 5.82 Å². The van der Waals surface area contributed by atoms with Crippen molar-refractivity contribution < 1.29 is 4.39 Å². The van der Waals surface area contributed by atoms with Gasteiger partial charge in [-0.15, -0.1) is 0 Å². The number of nitrogens with one attached hydrogen (secondary N) is 1. The summed E-state index contributed by atoms with van der Waals surface area (Å²) in [6.07, 6.45) is 1.06. The predicted octanol–water partition coefficient (Wildman–Crippen LogP) is 3.30. The molecule has 4 heteroatoms. The third-order valence-electron chi connectivity index (χ3n) is 3.08. The first-order valence-corrected chi connectivity index (χ1v) is 6.73. The normalized spacial score (nSPS) is 11.5. The van der Waals surface area contributed by atoms with E-state index >= 15 is 0 Å². The van der Waals surface area contributed by atoms with Gasteiger partial charge in [-0.3, -0.25) is 0 Å². The standard InChI is InChI=1S/C14H22ClFN2/c1-11(2)18(3)8-4-7-17-10-12-5-6-13(15)9-14(12)16/h5-6,9,11,17H,4,7-8,10H2,1-3H3. The number of benzene rings is 1. The van der Waals surface area contributed by atoms with E-state index in [2.05, 4.69) is 31.1 Å². The minimum absolute atomic E-state index is 0.241. The lowest BCUT2D eigenvalue weighted by molar-refractivity contribution is 0.269. The molecule has 102 valence electrons. The van der Waals surface area contributed by atoms with Gasteiger partial charge in [0, 0.05) is 23.2 Å². The number of halogens is 2. The lowest BCUT2D eigenvalue weighted by Crippen LogP contribution is -2.29. The zero-order valence-electron chi connectivity index (χ0n) is 11.3. The third-order valence-corrected chi connectivity index (χ3v) is 3.31. The third kappa shape index (κ3) is 5.34. The van der Waals surface area contributed by atoms with Gasteiger partial charge in [0.2, 0.25) is 0 Å². The van der Waals surface area contributed by atoms with Gasteiger partial charge in [-0.2, -0.15) is 0 Å². The molecule has 1 aromatic carbocycles. The van der Waals surface area contributed by atoms with Crippen LogP contribution in [0.25, 0.3) is 0 Å². The van der Waals surface area contributed by atoms with Crippen LogP contribution in [0.5, 0.6) is 0 Å². The van der Waals surface area contributed by atoms with E-state index in [1.165, 1.54) is 6.07 Å². The highest BCUT2D eigenvalue weighted by Gasteiger charge is 2.03. The Bertz CT molecular complexity index is 369. The Hall–Kier alpha value is -0.640. The van der Waals surface area contributed by atoms with Crippen LogP contribution in [-0.2, 0) is 6.54 Å². The van der Waals surface area contributed by atoms with Crippen molar-refractivity contribution in [3.05, 3.63) is 34.6 Å². The van der Waals surface area contributed by atoms with E-state index in [9.17, 15) is 4.39 Å². The van der Waals surface area contributed by atoms with Gasteiger partial charge >= 0.3 is 0 Å². The van der Waals surface area contributed by atoms with E-state index in [1.807, 2.05) is 0 Å². The van der Waals surface area contributed by atoms with E-state index < -0.39 is 0 Å². The van der Waals surface area contributed by atoms with Crippen LogP contribution >= 0.6 is 11.6 Å². The van der Waals surface area contributed by atoms with Gasteiger partial charge in [-0.05, 0) is 52.5 Å². The second-order valence-corrected chi connectivity index (χ2v) is 5.28. The van der Waals surface area contributed by atoms with Gasteiger partial charge in [0.05, 0.1) is 0 Å². The van der Waals surface area contributed by atoms with Crippen LogP contribution in [0.4, 0.5) is 4.39 Å². The summed E-state index contributed by atoms with van der Waals surface area (Å²) < 4.78 is 13.5. The molecule has 0 spiro atoms. The Morgan fingerprint density at radius 2 is 2.11 bits per heavy atom. The van der Waals surface area contributed by atoms with E-state index in [0.29, 0.717) is 23.2 Å². The molecule has 0 aliphatic rings. The summed E-state index contributed by atoms with van der Waals surface area (Å²) >= 11 is 5.70. The van der Waals surface area contributed by atoms with Crippen molar-refractivity contribution in [2.45, 2.75) is 32.9 Å². The number of nitrogens with zero attached hydrogens (tertiary/aromatic N) is 1. The highest BCUT2D eigenvalue weighted by Crippen LogP contribution is 2.14. The average molecular weight is 273 g/mol. The lowest BCUT2D eigenvalue weighted by Gasteiger charge is -2.20. The molecule has 0 saturated carbocycles. The maximum atomic E-state index is 13.5. The molecule has 0 aliphatic carbocycles. The van der Waals surface area contributed by atoms with Crippen molar-refractivity contribution in [3.8, 4) is 0 Å². The van der Waals surface area contributed by atoms with Crippen molar-refractivity contribution in [2.75, 3.05) is 20.1 Å². The van der Waals surface area contributed by atoms with Gasteiger partial charge in [0.15, 0.2) is 0 Å². The molecule has 0 unspecified atom stereocenters. The topological polar surface area (TPSA) is 15.3 Å². The summed E-state index contributed by atoms with van der Waals surface area (Å²) in [5.41, 5.74) is 0.664. The monoisotopic (exact) mass is 272 g/mol. The van der Waals surface area contributed by atoms with Crippen LogP contribution in [0.2, 0.25) is 5.02 Å². The Morgan fingerprint density at radius 1 is 1.39 bits per heavy atom. The molecule has 0 heterocycles. The fourth-order valence-electron chi connectivity index (χ4n) is 1.60. The van der Waals surface area contributed by atoms with Crippen LogP contribution in [0.3, 0.4) is 0 Å². The first-order chi connectivity index (χ1) is 8.50. The maximum Gasteiger partial charge on any atom is 0.129 e. The number of rotatable bonds is 7. The summed E-state index contributed by atoms with van der Waals surface area (Å²) in [5.74, 6) is -0.241. The highest BCUT2D eigenvalue weighted by molar-refractivity contribution is 6.30. The van der Waals surface area contributed by atoms with Crippen LogP contribution in [0.15, 0.2) is 18.2 Å². The number of hydrogen-bond acceptors (Lipinski definition) is 2. The fraction of sp³-hybridized carbons (Fsp3) is 0.571. The molecule has 0 bridgehead atoms. The predicted molar refractivity (Wildman–Crippen MR) is 75.5 cm³/mol. The van der Waals surface area contributed by atoms with Gasteiger partial charge in [-0.1, -0.05) is 17.7 Å². The molecule has 0 aromatic heterocycles. The SMILES string of the molecule is CC(C)N(C)CCCNCc1ccc(Cl)cc1F. The zero-order chi connectivity index (χ0) is 13.5. The molecule has 0 saturated heterocycles. The van der Waals surface area contributed by atoms with Gasteiger partial charge < -0.3 is 10.2 Å². The lowest BCUT2D eigenvalue weighted by atomic mass is 10.2. The summed E-state index contributed by atoms with van der Waals surface area (Å²) in [5, 5.41) is 3.69. The summed E-state index contributed by atoms with van der Waals surface area (Å²) in [6.45, 7) is 6.84. The zero-order valence-corrected chi connectivity index (χ0v) is 12.1. The number of hydrogen-bond donors (Lipinski definition) is 1. The Labute approximate surface area is 114 Å². The summed E-state index contributed by atoms with van der Waals surface area (Å²) in [7, 11) is 2.11. The smallest absolute Gasteiger partial charge is 0.129 e. The van der Waals surface area contributed by atoms with Crippen LogP contribution in [0, 0.1) is 5.82 Å². The Morgan fingerprint density at radius 3 is 2.72 bits per heavy atom. The molecule has 0 aliphatic heterocycles. The molecule has 0 radical (unpaired) electrons. The largest absolute Gasteiger partial charge is 0.313 e. The fourth-order valence-corrected chi connectivity index (χ4v) is 1.76. The van der Waals surface area contributed by atoms with Gasteiger partial charge in [0.1, 0.15) is 5.82 Å². The van der Waals surface area contributed by atoms with Crippen molar-refractivity contribution in [3.63, 3.8) is 0 Å². The minimum Gasteiger partial charge on any atom is -0.313 e. The van der Waals surface area contributed by atoms with E-state index in [4.69, 9.17) is 11.6 Å². The van der Waals surface area contributed by atoms with Crippen LogP contribution in [0.1, 0.15) is 25.8 Å². The molecule has 1 N–H and O–H groups in total. The van der Waals surface area contributed by atoms with E-state index in [1.54, 1.807) is 12.1 Å². The first-order valence-electron chi connectivity index (χ1n) is 6.35. The Kier molecular flexibility index (Phi) is 6.61. The average Bonchev–Trinajstić information content (AvgIpc) is 2.30. The molecule has 2 nitrogen and oxygen atoms in total. The minimum atomic E-state index is -0.241. The molecule has 18 heavy (non-hydrogen) atoms. The second kappa shape index (κ2) is 7.72. The maximum absolute atomic E-state index is 13.5. The highest BCUT2D eigenvalue weighted by atomic mass is 35.5.